The van der Waals surface area contributed by atoms with Crippen LogP contribution in [0.1, 0.15) is 42.9 Å². The van der Waals surface area contributed by atoms with Gasteiger partial charge in [-0.05, 0) is 36.3 Å². The molecule has 0 amide bonds. The van der Waals surface area contributed by atoms with Gasteiger partial charge >= 0.3 is 0 Å². The van der Waals surface area contributed by atoms with Gasteiger partial charge < -0.3 is 10.8 Å². The van der Waals surface area contributed by atoms with Crippen LogP contribution < -0.4 is 5.73 Å². The first-order valence-electron chi connectivity index (χ1n) is 5.79. The normalized spacial score (nSPS) is 34.9. The minimum Gasteiger partial charge on any atom is -0.385 e. The third kappa shape index (κ3) is 1.18. The third-order valence-electron chi connectivity index (χ3n) is 4.14. The van der Waals surface area contributed by atoms with E-state index in [-0.39, 0.29) is 6.04 Å². The van der Waals surface area contributed by atoms with E-state index < -0.39 is 5.60 Å². The van der Waals surface area contributed by atoms with Crippen molar-refractivity contribution in [1.29, 1.82) is 0 Å². The highest BCUT2D eigenvalue weighted by Crippen LogP contribution is 2.52. The monoisotopic (exact) mass is 203 g/mol. The molecule has 3 N–H and O–H groups in total. The van der Waals surface area contributed by atoms with E-state index in [0.29, 0.717) is 12.3 Å². The fourth-order valence-corrected chi connectivity index (χ4v) is 3.04. The molecular formula is C13H17NO. The van der Waals surface area contributed by atoms with Gasteiger partial charge in [-0.15, -0.1) is 0 Å². The van der Waals surface area contributed by atoms with Gasteiger partial charge in [0.25, 0.3) is 0 Å². The Bertz CT molecular complexity index is 386. The Kier molecular flexibility index (Phi) is 1.91. The number of benzene rings is 1. The quantitative estimate of drug-likeness (QED) is 0.734. The number of hydrogen-bond donors (Lipinski definition) is 2. The van der Waals surface area contributed by atoms with Crippen LogP contribution in [0, 0.1) is 5.92 Å². The molecule has 1 fully saturated rings. The lowest BCUT2D eigenvalue weighted by atomic mass is 9.70. The Morgan fingerprint density at radius 2 is 2.00 bits per heavy atom. The first-order chi connectivity index (χ1) is 7.22. The highest BCUT2D eigenvalue weighted by Gasteiger charge is 2.48. The average Bonchev–Trinajstić information content (AvgIpc) is 2.38. The predicted molar refractivity (Wildman–Crippen MR) is 59.2 cm³/mol. The van der Waals surface area contributed by atoms with Gasteiger partial charge in [-0.25, -0.2) is 0 Å². The van der Waals surface area contributed by atoms with Gasteiger partial charge in [0.2, 0.25) is 0 Å². The van der Waals surface area contributed by atoms with E-state index in [4.69, 9.17) is 5.73 Å². The van der Waals surface area contributed by atoms with Crippen LogP contribution in [0.5, 0.6) is 0 Å². The minimum absolute atomic E-state index is 0.0202. The molecule has 2 unspecified atom stereocenters. The Hall–Kier alpha value is -0.860. The zero-order valence-electron chi connectivity index (χ0n) is 8.82. The molecule has 1 aromatic rings. The summed E-state index contributed by atoms with van der Waals surface area (Å²) in [6.07, 6.45) is 4.26. The van der Waals surface area contributed by atoms with Crippen LogP contribution in [0.2, 0.25) is 0 Å². The SMILES string of the molecule is NC1CC(O)(C2CCC2)c2ccccc21. The Morgan fingerprint density at radius 1 is 1.27 bits per heavy atom. The first kappa shape index (κ1) is 9.37. The number of fused-ring (bicyclic) bond motifs is 1. The predicted octanol–water partition coefficient (Wildman–Crippen LogP) is 2.08. The topological polar surface area (TPSA) is 46.2 Å². The molecule has 2 heteroatoms. The first-order valence-corrected chi connectivity index (χ1v) is 5.79. The summed E-state index contributed by atoms with van der Waals surface area (Å²) in [4.78, 5) is 0. The molecule has 2 aliphatic rings. The number of hydrogen-bond acceptors (Lipinski definition) is 2. The third-order valence-corrected chi connectivity index (χ3v) is 4.14. The molecule has 0 aromatic heterocycles. The maximum absolute atomic E-state index is 10.8. The van der Waals surface area contributed by atoms with Gasteiger partial charge in [0.05, 0.1) is 5.60 Å². The van der Waals surface area contributed by atoms with Crippen molar-refractivity contribution in [3.63, 3.8) is 0 Å². The van der Waals surface area contributed by atoms with E-state index in [9.17, 15) is 5.11 Å². The highest BCUT2D eigenvalue weighted by atomic mass is 16.3. The van der Waals surface area contributed by atoms with Gasteiger partial charge in [-0.3, -0.25) is 0 Å². The summed E-state index contributed by atoms with van der Waals surface area (Å²) >= 11 is 0. The van der Waals surface area contributed by atoms with Gasteiger partial charge in [-0.1, -0.05) is 30.7 Å². The average molecular weight is 203 g/mol. The molecule has 0 spiro atoms. The summed E-state index contributed by atoms with van der Waals surface area (Å²) in [6, 6.07) is 8.12. The molecule has 2 atom stereocenters. The van der Waals surface area contributed by atoms with Crippen molar-refractivity contribution in [1.82, 2.24) is 0 Å². The van der Waals surface area contributed by atoms with E-state index in [2.05, 4.69) is 6.07 Å². The standard InChI is InChI=1S/C13H17NO/c14-12-8-13(15,9-4-3-5-9)11-7-2-1-6-10(11)12/h1-2,6-7,9,12,15H,3-5,8,14H2. The van der Waals surface area contributed by atoms with Crippen molar-refractivity contribution in [3.05, 3.63) is 35.4 Å². The number of rotatable bonds is 1. The second-order valence-corrected chi connectivity index (χ2v) is 4.95. The summed E-state index contributed by atoms with van der Waals surface area (Å²) < 4.78 is 0. The van der Waals surface area contributed by atoms with Gasteiger partial charge in [-0.2, -0.15) is 0 Å². The lowest BCUT2D eigenvalue weighted by molar-refractivity contribution is -0.0578. The van der Waals surface area contributed by atoms with E-state index in [1.807, 2.05) is 18.2 Å². The Labute approximate surface area is 90.1 Å². The maximum Gasteiger partial charge on any atom is 0.0945 e. The van der Waals surface area contributed by atoms with Crippen LogP contribution in [0.15, 0.2) is 24.3 Å². The van der Waals surface area contributed by atoms with Crippen LogP contribution in [0.25, 0.3) is 0 Å². The van der Waals surface area contributed by atoms with Crippen molar-refractivity contribution in [2.75, 3.05) is 0 Å². The molecular weight excluding hydrogens is 186 g/mol. The van der Waals surface area contributed by atoms with E-state index in [1.54, 1.807) is 0 Å². The zero-order chi connectivity index (χ0) is 10.5. The Morgan fingerprint density at radius 3 is 2.67 bits per heavy atom. The van der Waals surface area contributed by atoms with Crippen LogP contribution in [-0.2, 0) is 5.60 Å². The van der Waals surface area contributed by atoms with Crippen molar-refractivity contribution in [2.45, 2.75) is 37.3 Å². The zero-order valence-corrected chi connectivity index (χ0v) is 8.82. The van der Waals surface area contributed by atoms with E-state index >= 15 is 0 Å². The van der Waals surface area contributed by atoms with Crippen molar-refractivity contribution < 1.29 is 5.11 Å². The molecule has 1 saturated carbocycles. The fraction of sp³-hybridized carbons (Fsp3) is 0.538. The molecule has 0 aliphatic heterocycles. The van der Waals surface area contributed by atoms with Crippen molar-refractivity contribution >= 4 is 0 Å². The van der Waals surface area contributed by atoms with Crippen LogP contribution >= 0.6 is 0 Å². The molecule has 1 aromatic carbocycles. The smallest absolute Gasteiger partial charge is 0.0945 e. The summed E-state index contributed by atoms with van der Waals surface area (Å²) in [5.41, 5.74) is 7.68. The fourth-order valence-electron chi connectivity index (χ4n) is 3.04. The summed E-state index contributed by atoms with van der Waals surface area (Å²) in [6.45, 7) is 0. The number of aliphatic hydroxyl groups is 1. The van der Waals surface area contributed by atoms with Crippen molar-refractivity contribution in [3.8, 4) is 0 Å². The summed E-state index contributed by atoms with van der Waals surface area (Å²) in [7, 11) is 0. The lowest BCUT2D eigenvalue weighted by Crippen LogP contribution is -2.37. The molecule has 15 heavy (non-hydrogen) atoms. The Balaban J connectivity index is 2.06. The van der Waals surface area contributed by atoms with Gasteiger partial charge in [0.1, 0.15) is 0 Å². The minimum atomic E-state index is -0.631. The molecule has 0 heterocycles. The molecule has 0 radical (unpaired) electrons. The van der Waals surface area contributed by atoms with Gasteiger partial charge in [0.15, 0.2) is 0 Å². The van der Waals surface area contributed by atoms with Crippen molar-refractivity contribution in [2.24, 2.45) is 11.7 Å². The van der Waals surface area contributed by atoms with Crippen LogP contribution in [0.3, 0.4) is 0 Å². The van der Waals surface area contributed by atoms with Gasteiger partial charge in [0, 0.05) is 6.04 Å². The molecule has 80 valence electrons. The molecule has 0 saturated heterocycles. The molecule has 0 bridgehead atoms. The molecule has 3 rings (SSSR count). The van der Waals surface area contributed by atoms with E-state index in [0.717, 1.165) is 24.0 Å². The molecule has 2 nitrogen and oxygen atoms in total. The second-order valence-electron chi connectivity index (χ2n) is 4.95. The summed E-state index contributed by atoms with van der Waals surface area (Å²) in [5.74, 6) is 0.437. The van der Waals surface area contributed by atoms with Crippen LogP contribution in [-0.4, -0.2) is 5.11 Å². The van der Waals surface area contributed by atoms with E-state index in [1.165, 1.54) is 6.42 Å². The summed E-state index contributed by atoms with van der Waals surface area (Å²) in [5, 5.41) is 10.8. The largest absolute Gasteiger partial charge is 0.385 e. The maximum atomic E-state index is 10.8. The number of nitrogens with two attached hydrogens (primary N) is 1. The second kappa shape index (κ2) is 3.06. The van der Waals surface area contributed by atoms with Crippen LogP contribution in [0.4, 0.5) is 0 Å². The lowest BCUT2D eigenvalue weighted by Gasteiger charge is -2.39. The highest BCUT2D eigenvalue weighted by molar-refractivity contribution is 5.40. The molecule has 2 aliphatic carbocycles.